The van der Waals surface area contributed by atoms with Crippen LogP contribution in [0.25, 0.3) is 11.0 Å². The Morgan fingerprint density at radius 3 is 2.44 bits per heavy atom. The maximum absolute atomic E-state index is 12.8. The van der Waals surface area contributed by atoms with Gasteiger partial charge in [0, 0.05) is 37.1 Å². The number of hydrogen-bond donors (Lipinski definition) is 0. The first-order valence-corrected chi connectivity index (χ1v) is 10.3. The number of hydrogen-bond acceptors (Lipinski definition) is 7. The number of rotatable bonds is 5. The molecular weight excluding hydrogens is 416 g/mol. The monoisotopic (exact) mass is 440 g/mol. The second-order valence-electron chi connectivity index (χ2n) is 7.56. The van der Waals surface area contributed by atoms with E-state index in [-0.39, 0.29) is 23.3 Å². The molecule has 0 spiro atoms. The van der Waals surface area contributed by atoms with Crippen molar-refractivity contribution in [3.63, 3.8) is 0 Å². The van der Waals surface area contributed by atoms with Crippen LogP contribution in [0.2, 0.25) is 0 Å². The summed E-state index contributed by atoms with van der Waals surface area (Å²) in [4.78, 5) is 41.0. The molecule has 1 saturated heterocycles. The zero-order valence-corrected chi connectivity index (χ0v) is 18.1. The number of carbonyl (C=O) groups is 3. The van der Waals surface area contributed by atoms with E-state index < -0.39 is 12.1 Å². The molecule has 0 bridgehead atoms. The van der Waals surface area contributed by atoms with Gasteiger partial charge in [-0.15, -0.1) is 0 Å². The van der Waals surface area contributed by atoms with Crippen molar-refractivity contribution >= 4 is 28.8 Å². The minimum absolute atomic E-state index is 0.0572. The molecule has 1 aromatic carbocycles. The van der Waals surface area contributed by atoms with Gasteiger partial charge in [0.2, 0.25) is 5.76 Å². The molecule has 4 rings (SSSR count). The van der Waals surface area contributed by atoms with Gasteiger partial charge in [0.15, 0.2) is 11.9 Å². The summed E-state index contributed by atoms with van der Waals surface area (Å²) in [6.07, 6.45) is 0.459. The van der Waals surface area contributed by atoms with Crippen LogP contribution in [-0.4, -0.2) is 67.0 Å². The fraction of sp³-hybridized carbons (Fsp3) is 0.348. The average molecular weight is 440 g/mol. The van der Waals surface area contributed by atoms with Gasteiger partial charge < -0.3 is 28.1 Å². The van der Waals surface area contributed by atoms with Crippen molar-refractivity contribution in [1.82, 2.24) is 9.80 Å². The van der Waals surface area contributed by atoms with E-state index in [9.17, 15) is 14.4 Å². The summed E-state index contributed by atoms with van der Waals surface area (Å²) in [5.74, 6) is -0.259. The summed E-state index contributed by atoms with van der Waals surface area (Å²) in [5, 5.41) is 0.743. The predicted molar refractivity (Wildman–Crippen MR) is 114 cm³/mol. The standard InChI is InChI=1S/C23H24N2O7/c1-14-17-13-16(29-3)6-7-18(17)32-20(14)23(28)31-15(2)21(26)24-8-10-25(11-9-24)22(27)19-5-4-12-30-19/h4-7,12-13,15H,8-11H2,1-3H3/t15-/m1/s1. The van der Waals surface area contributed by atoms with Crippen molar-refractivity contribution in [2.45, 2.75) is 20.0 Å². The fourth-order valence-corrected chi connectivity index (χ4v) is 3.73. The Morgan fingerprint density at radius 1 is 1.06 bits per heavy atom. The lowest BCUT2D eigenvalue weighted by atomic mass is 10.1. The predicted octanol–water partition coefficient (Wildman–Crippen LogP) is 2.87. The van der Waals surface area contributed by atoms with Crippen molar-refractivity contribution < 1.29 is 32.7 Å². The number of aryl methyl sites for hydroxylation is 1. The average Bonchev–Trinajstić information content (AvgIpc) is 3.46. The molecule has 3 heterocycles. The third-order valence-electron chi connectivity index (χ3n) is 5.57. The van der Waals surface area contributed by atoms with Crippen molar-refractivity contribution in [2.24, 2.45) is 0 Å². The number of fused-ring (bicyclic) bond motifs is 1. The van der Waals surface area contributed by atoms with Gasteiger partial charge in [-0.25, -0.2) is 4.79 Å². The summed E-state index contributed by atoms with van der Waals surface area (Å²) < 4.78 is 21.4. The number of esters is 1. The molecule has 0 unspecified atom stereocenters. The van der Waals surface area contributed by atoms with Gasteiger partial charge in [0.05, 0.1) is 13.4 Å². The maximum atomic E-state index is 12.8. The molecule has 32 heavy (non-hydrogen) atoms. The smallest absolute Gasteiger partial charge is 0.375 e. The summed E-state index contributed by atoms with van der Waals surface area (Å²) in [7, 11) is 1.56. The largest absolute Gasteiger partial charge is 0.497 e. The third kappa shape index (κ3) is 4.05. The molecule has 9 heteroatoms. The van der Waals surface area contributed by atoms with Crippen LogP contribution in [0.5, 0.6) is 5.75 Å². The molecule has 168 valence electrons. The number of amides is 2. The lowest BCUT2D eigenvalue weighted by Crippen LogP contribution is -2.53. The zero-order chi connectivity index (χ0) is 22.8. The number of benzene rings is 1. The van der Waals surface area contributed by atoms with Gasteiger partial charge in [0.25, 0.3) is 11.8 Å². The third-order valence-corrected chi connectivity index (χ3v) is 5.57. The molecule has 1 fully saturated rings. The molecular formula is C23H24N2O7. The maximum Gasteiger partial charge on any atom is 0.375 e. The van der Waals surface area contributed by atoms with E-state index in [2.05, 4.69) is 0 Å². The van der Waals surface area contributed by atoms with E-state index in [1.54, 1.807) is 54.2 Å². The van der Waals surface area contributed by atoms with Crippen LogP contribution in [0.4, 0.5) is 0 Å². The number of nitrogens with zero attached hydrogens (tertiary/aromatic N) is 2. The first-order valence-electron chi connectivity index (χ1n) is 10.3. The minimum Gasteiger partial charge on any atom is -0.497 e. The summed E-state index contributed by atoms with van der Waals surface area (Å²) in [6.45, 7) is 4.71. The molecule has 0 N–H and O–H groups in total. The second-order valence-corrected chi connectivity index (χ2v) is 7.56. The first kappa shape index (κ1) is 21.5. The Balaban J connectivity index is 1.37. The van der Waals surface area contributed by atoms with E-state index >= 15 is 0 Å². The van der Waals surface area contributed by atoms with E-state index in [4.69, 9.17) is 18.3 Å². The van der Waals surface area contributed by atoms with E-state index in [1.165, 1.54) is 13.2 Å². The Hall–Kier alpha value is -3.75. The van der Waals surface area contributed by atoms with Crippen LogP contribution in [0.15, 0.2) is 45.4 Å². The highest BCUT2D eigenvalue weighted by molar-refractivity contribution is 5.97. The van der Waals surface area contributed by atoms with Crippen molar-refractivity contribution in [1.29, 1.82) is 0 Å². The van der Waals surface area contributed by atoms with Crippen LogP contribution in [-0.2, 0) is 9.53 Å². The molecule has 1 aliphatic heterocycles. The topological polar surface area (TPSA) is 102 Å². The van der Waals surface area contributed by atoms with Gasteiger partial charge in [0.1, 0.15) is 11.3 Å². The van der Waals surface area contributed by atoms with Gasteiger partial charge in [-0.1, -0.05) is 0 Å². The summed E-state index contributed by atoms with van der Waals surface area (Å²) in [6, 6.07) is 8.50. The van der Waals surface area contributed by atoms with Crippen LogP contribution >= 0.6 is 0 Å². The highest BCUT2D eigenvalue weighted by Crippen LogP contribution is 2.29. The highest BCUT2D eigenvalue weighted by Gasteiger charge is 2.31. The van der Waals surface area contributed by atoms with Crippen molar-refractivity contribution in [2.75, 3.05) is 33.3 Å². The Labute approximate surface area is 184 Å². The number of piperazine rings is 1. The molecule has 0 saturated carbocycles. The SMILES string of the molecule is COc1ccc2oc(C(=O)O[C@H](C)C(=O)N3CCN(C(=O)c4ccco4)CC3)c(C)c2c1. The highest BCUT2D eigenvalue weighted by atomic mass is 16.6. The number of methoxy groups -OCH3 is 1. The number of ether oxygens (including phenoxy) is 2. The normalized spacial score (nSPS) is 15.0. The van der Waals surface area contributed by atoms with Crippen LogP contribution in [0, 0.1) is 6.92 Å². The van der Waals surface area contributed by atoms with Gasteiger partial charge in [-0.2, -0.15) is 0 Å². The number of carbonyl (C=O) groups excluding carboxylic acids is 3. The van der Waals surface area contributed by atoms with E-state index in [1.807, 2.05) is 0 Å². The molecule has 1 aliphatic rings. The van der Waals surface area contributed by atoms with Crippen LogP contribution < -0.4 is 4.74 Å². The second kappa shape index (κ2) is 8.78. The van der Waals surface area contributed by atoms with Gasteiger partial charge in [-0.3, -0.25) is 9.59 Å². The molecule has 0 radical (unpaired) electrons. The summed E-state index contributed by atoms with van der Waals surface area (Å²) in [5.41, 5.74) is 1.15. The fourth-order valence-electron chi connectivity index (χ4n) is 3.73. The lowest BCUT2D eigenvalue weighted by molar-refractivity contribution is -0.141. The molecule has 3 aromatic rings. The Kier molecular flexibility index (Phi) is 5.89. The minimum atomic E-state index is -0.989. The lowest BCUT2D eigenvalue weighted by Gasteiger charge is -2.35. The first-order chi connectivity index (χ1) is 15.4. The van der Waals surface area contributed by atoms with E-state index in [0.29, 0.717) is 43.1 Å². The number of furan rings is 2. The zero-order valence-electron chi connectivity index (χ0n) is 18.1. The molecule has 1 atom stereocenters. The van der Waals surface area contributed by atoms with Crippen LogP contribution in [0.3, 0.4) is 0 Å². The molecule has 2 aromatic heterocycles. The van der Waals surface area contributed by atoms with Gasteiger partial charge in [-0.05, 0) is 44.2 Å². The van der Waals surface area contributed by atoms with Crippen molar-refractivity contribution in [3.8, 4) is 5.75 Å². The van der Waals surface area contributed by atoms with E-state index in [0.717, 1.165) is 5.39 Å². The molecule has 9 nitrogen and oxygen atoms in total. The van der Waals surface area contributed by atoms with Gasteiger partial charge >= 0.3 is 5.97 Å². The molecule has 2 amide bonds. The Bertz CT molecular complexity index is 1140. The van der Waals surface area contributed by atoms with Crippen LogP contribution in [0.1, 0.15) is 33.6 Å². The molecule has 0 aliphatic carbocycles. The Morgan fingerprint density at radius 2 is 1.78 bits per heavy atom. The summed E-state index contributed by atoms with van der Waals surface area (Å²) >= 11 is 0. The van der Waals surface area contributed by atoms with Crippen molar-refractivity contribution in [3.05, 3.63) is 53.7 Å². The quantitative estimate of drug-likeness (QED) is 0.562.